The van der Waals surface area contributed by atoms with E-state index in [1.807, 2.05) is 17.2 Å². The Kier molecular flexibility index (Phi) is 3.19. The molecule has 100 valence electrons. The normalized spacial score (nSPS) is 19.8. The van der Waals surface area contributed by atoms with Gasteiger partial charge in [-0.2, -0.15) is 0 Å². The third kappa shape index (κ3) is 2.20. The second-order valence-electron chi connectivity index (χ2n) is 5.01. The van der Waals surface area contributed by atoms with Gasteiger partial charge in [0.2, 0.25) is 5.78 Å². The fraction of sp³-hybridized carbons (Fsp3) is 0.500. The third-order valence-electron chi connectivity index (χ3n) is 3.81. The first-order valence-corrected chi connectivity index (χ1v) is 6.90. The predicted octanol–water partition coefficient (Wildman–Crippen LogP) is 2.13. The molecule has 19 heavy (non-hydrogen) atoms. The van der Waals surface area contributed by atoms with Crippen LogP contribution in [0.3, 0.4) is 0 Å². The zero-order chi connectivity index (χ0) is 13.2. The minimum Gasteiger partial charge on any atom is -0.334 e. The van der Waals surface area contributed by atoms with E-state index in [-0.39, 0.29) is 5.91 Å². The van der Waals surface area contributed by atoms with Crippen molar-refractivity contribution in [3.05, 3.63) is 30.4 Å². The summed E-state index contributed by atoms with van der Waals surface area (Å²) in [6.07, 6.45) is 9.74. The molecule has 2 aromatic heterocycles. The summed E-state index contributed by atoms with van der Waals surface area (Å²) < 4.78 is 1.79. The van der Waals surface area contributed by atoms with Crippen molar-refractivity contribution in [1.82, 2.24) is 19.3 Å². The average molecular weight is 258 g/mol. The largest absolute Gasteiger partial charge is 0.334 e. The van der Waals surface area contributed by atoms with Crippen molar-refractivity contribution in [3.8, 4) is 0 Å². The van der Waals surface area contributed by atoms with E-state index in [0.29, 0.717) is 17.5 Å². The molecule has 0 bridgehead atoms. The highest BCUT2D eigenvalue weighted by atomic mass is 16.2. The van der Waals surface area contributed by atoms with E-state index in [0.717, 1.165) is 25.8 Å². The first kappa shape index (κ1) is 12.1. The van der Waals surface area contributed by atoms with Crippen LogP contribution in [-0.2, 0) is 0 Å². The van der Waals surface area contributed by atoms with Crippen LogP contribution in [0.1, 0.15) is 43.1 Å². The topological polar surface area (TPSA) is 50.5 Å². The molecule has 1 fully saturated rings. The van der Waals surface area contributed by atoms with Crippen molar-refractivity contribution in [3.63, 3.8) is 0 Å². The first-order valence-electron chi connectivity index (χ1n) is 6.90. The SMILES string of the molecule is CC[C@H]1CCCCN1C(=O)c1cn2cccnc2n1. The van der Waals surface area contributed by atoms with Gasteiger partial charge in [-0.05, 0) is 31.7 Å². The Hall–Kier alpha value is -1.91. The minimum atomic E-state index is 0.0389. The molecule has 0 aliphatic carbocycles. The Labute approximate surface area is 112 Å². The highest BCUT2D eigenvalue weighted by Crippen LogP contribution is 2.21. The molecule has 1 saturated heterocycles. The van der Waals surface area contributed by atoms with Crippen LogP contribution in [-0.4, -0.2) is 37.8 Å². The van der Waals surface area contributed by atoms with Crippen LogP contribution < -0.4 is 0 Å². The summed E-state index contributed by atoms with van der Waals surface area (Å²) in [5, 5.41) is 0. The predicted molar refractivity (Wildman–Crippen MR) is 72.0 cm³/mol. The number of rotatable bonds is 2. The fourth-order valence-electron chi connectivity index (χ4n) is 2.77. The molecule has 1 atom stereocenters. The van der Waals surface area contributed by atoms with Crippen molar-refractivity contribution in [1.29, 1.82) is 0 Å². The Balaban J connectivity index is 1.89. The maximum absolute atomic E-state index is 12.6. The number of imidazole rings is 1. The van der Waals surface area contributed by atoms with Gasteiger partial charge < -0.3 is 4.90 Å². The zero-order valence-corrected chi connectivity index (χ0v) is 11.1. The second-order valence-corrected chi connectivity index (χ2v) is 5.01. The van der Waals surface area contributed by atoms with E-state index >= 15 is 0 Å². The smallest absolute Gasteiger partial charge is 0.274 e. The number of fused-ring (bicyclic) bond motifs is 1. The van der Waals surface area contributed by atoms with Gasteiger partial charge in [0.25, 0.3) is 5.91 Å². The number of amides is 1. The standard InChI is InChI=1S/C14H18N4O/c1-2-11-6-3-4-9-18(11)13(19)12-10-17-8-5-7-15-14(17)16-12/h5,7-8,10-11H,2-4,6,9H2,1H3/t11-/m0/s1. The van der Waals surface area contributed by atoms with Crippen LogP contribution >= 0.6 is 0 Å². The molecule has 0 spiro atoms. The number of carbonyl (C=O) groups excluding carboxylic acids is 1. The highest BCUT2D eigenvalue weighted by Gasteiger charge is 2.27. The molecule has 2 aromatic rings. The van der Waals surface area contributed by atoms with Crippen LogP contribution in [0.25, 0.3) is 5.78 Å². The molecule has 0 aromatic carbocycles. The van der Waals surface area contributed by atoms with E-state index < -0.39 is 0 Å². The molecular weight excluding hydrogens is 240 g/mol. The van der Waals surface area contributed by atoms with Gasteiger partial charge in [0.1, 0.15) is 5.69 Å². The van der Waals surface area contributed by atoms with Crippen molar-refractivity contribution >= 4 is 11.7 Å². The van der Waals surface area contributed by atoms with Gasteiger partial charge in [-0.25, -0.2) is 9.97 Å². The number of likely N-dealkylation sites (tertiary alicyclic amines) is 1. The maximum atomic E-state index is 12.6. The molecule has 5 nitrogen and oxygen atoms in total. The van der Waals surface area contributed by atoms with Crippen LogP contribution in [0, 0.1) is 0 Å². The Morgan fingerprint density at radius 2 is 2.37 bits per heavy atom. The third-order valence-corrected chi connectivity index (χ3v) is 3.81. The minimum absolute atomic E-state index is 0.0389. The first-order chi connectivity index (χ1) is 9.29. The molecule has 1 amide bonds. The van der Waals surface area contributed by atoms with E-state index in [2.05, 4.69) is 16.9 Å². The Bertz CT molecular complexity index is 559. The number of nitrogens with zero attached hydrogens (tertiary/aromatic N) is 4. The number of carbonyl (C=O) groups is 1. The van der Waals surface area contributed by atoms with E-state index in [1.54, 1.807) is 16.8 Å². The average Bonchev–Trinajstić information content (AvgIpc) is 2.90. The lowest BCUT2D eigenvalue weighted by molar-refractivity contribution is 0.0602. The molecule has 3 rings (SSSR count). The quantitative estimate of drug-likeness (QED) is 0.829. The van der Waals surface area contributed by atoms with Crippen molar-refractivity contribution in [2.24, 2.45) is 0 Å². The summed E-state index contributed by atoms with van der Waals surface area (Å²) in [5.74, 6) is 0.618. The lowest BCUT2D eigenvalue weighted by Gasteiger charge is -2.34. The number of hydrogen-bond donors (Lipinski definition) is 0. The maximum Gasteiger partial charge on any atom is 0.274 e. The van der Waals surface area contributed by atoms with Crippen LogP contribution in [0.4, 0.5) is 0 Å². The van der Waals surface area contributed by atoms with Crippen molar-refractivity contribution in [2.75, 3.05) is 6.54 Å². The van der Waals surface area contributed by atoms with Gasteiger partial charge >= 0.3 is 0 Å². The summed E-state index contributed by atoms with van der Waals surface area (Å²) >= 11 is 0. The van der Waals surface area contributed by atoms with Crippen molar-refractivity contribution in [2.45, 2.75) is 38.6 Å². The molecule has 0 unspecified atom stereocenters. The lowest BCUT2D eigenvalue weighted by Crippen LogP contribution is -2.43. The van der Waals surface area contributed by atoms with Gasteiger partial charge in [0.05, 0.1) is 0 Å². The summed E-state index contributed by atoms with van der Waals surface area (Å²) in [6.45, 7) is 2.99. The van der Waals surface area contributed by atoms with Gasteiger partial charge in [-0.15, -0.1) is 0 Å². The molecular formula is C14H18N4O. The van der Waals surface area contributed by atoms with Gasteiger partial charge in [0, 0.05) is 31.2 Å². The molecule has 0 radical (unpaired) electrons. The van der Waals surface area contributed by atoms with Crippen LogP contribution in [0.2, 0.25) is 0 Å². The van der Waals surface area contributed by atoms with Crippen LogP contribution in [0.15, 0.2) is 24.7 Å². The Morgan fingerprint density at radius 3 is 3.16 bits per heavy atom. The van der Waals surface area contributed by atoms with Gasteiger partial charge in [-0.3, -0.25) is 9.20 Å². The van der Waals surface area contributed by atoms with E-state index in [4.69, 9.17) is 0 Å². The number of piperidine rings is 1. The molecule has 0 saturated carbocycles. The molecule has 5 heteroatoms. The summed E-state index contributed by atoms with van der Waals surface area (Å²) in [5.41, 5.74) is 0.499. The second kappa shape index (κ2) is 4.99. The number of hydrogen-bond acceptors (Lipinski definition) is 3. The van der Waals surface area contributed by atoms with E-state index in [1.165, 1.54) is 6.42 Å². The highest BCUT2D eigenvalue weighted by molar-refractivity contribution is 5.93. The Morgan fingerprint density at radius 1 is 1.47 bits per heavy atom. The number of aromatic nitrogens is 3. The lowest BCUT2D eigenvalue weighted by atomic mass is 10.00. The fourth-order valence-corrected chi connectivity index (χ4v) is 2.77. The molecule has 1 aliphatic heterocycles. The van der Waals surface area contributed by atoms with Crippen molar-refractivity contribution < 1.29 is 4.79 Å². The molecule has 0 N–H and O–H groups in total. The summed E-state index contributed by atoms with van der Waals surface area (Å²) in [7, 11) is 0. The van der Waals surface area contributed by atoms with Gasteiger partial charge in [-0.1, -0.05) is 6.92 Å². The molecule has 1 aliphatic rings. The van der Waals surface area contributed by atoms with Crippen LogP contribution in [0.5, 0.6) is 0 Å². The summed E-state index contributed by atoms with van der Waals surface area (Å²) in [6, 6.07) is 2.19. The summed E-state index contributed by atoms with van der Waals surface area (Å²) in [4.78, 5) is 23.0. The van der Waals surface area contributed by atoms with E-state index in [9.17, 15) is 4.79 Å². The molecule has 3 heterocycles. The van der Waals surface area contributed by atoms with Gasteiger partial charge in [0.15, 0.2) is 0 Å². The zero-order valence-electron chi connectivity index (χ0n) is 11.1. The monoisotopic (exact) mass is 258 g/mol.